The predicted molar refractivity (Wildman–Crippen MR) is 129 cm³/mol. The van der Waals surface area contributed by atoms with Crippen molar-refractivity contribution < 1.29 is 4.79 Å². The minimum absolute atomic E-state index is 0.143. The second-order valence-corrected chi connectivity index (χ2v) is 8.05. The van der Waals surface area contributed by atoms with Gasteiger partial charge in [0.05, 0.1) is 22.9 Å². The van der Waals surface area contributed by atoms with Gasteiger partial charge in [0.15, 0.2) is 0 Å². The van der Waals surface area contributed by atoms with E-state index in [0.29, 0.717) is 12.2 Å². The Labute approximate surface area is 188 Å². The summed E-state index contributed by atoms with van der Waals surface area (Å²) in [6.07, 6.45) is 7.48. The van der Waals surface area contributed by atoms with Gasteiger partial charge < -0.3 is 4.90 Å². The number of nitrogens with one attached hydrogen (secondary N) is 1. The Bertz CT molecular complexity index is 1630. The van der Waals surface area contributed by atoms with Crippen LogP contribution in [0.1, 0.15) is 5.56 Å². The van der Waals surface area contributed by atoms with Crippen molar-refractivity contribution >= 4 is 33.4 Å². The maximum atomic E-state index is 13.2. The monoisotopic (exact) mass is 433 g/mol. The number of carbonyl (C=O) groups is 1. The zero-order valence-corrected chi connectivity index (χ0v) is 17.7. The number of carbonyl (C=O) groups excluding carboxylic acids is 1. The molecule has 7 heteroatoms. The van der Waals surface area contributed by atoms with Crippen LogP contribution in [0.4, 0.5) is 5.69 Å². The Hall–Kier alpha value is -4.52. The Morgan fingerprint density at radius 2 is 1.97 bits per heavy atom. The molecule has 160 valence electrons. The summed E-state index contributed by atoms with van der Waals surface area (Å²) in [5, 5.41) is 8.61. The maximum Gasteiger partial charge on any atom is 0.255 e. The number of aromatic nitrogens is 4. The average Bonchev–Trinajstić information content (AvgIpc) is 3.53. The molecule has 2 aromatic carbocycles. The lowest BCUT2D eigenvalue weighted by molar-refractivity contribution is -0.114. The third-order valence-corrected chi connectivity index (χ3v) is 6.21. The fraction of sp³-hybridized carbons (Fsp3) is 0.0769. The van der Waals surface area contributed by atoms with Gasteiger partial charge in [-0.2, -0.15) is 5.10 Å². The molecule has 0 saturated heterocycles. The smallest absolute Gasteiger partial charge is 0.255 e. The molecule has 0 spiro atoms. The minimum atomic E-state index is -0.150. The zero-order chi connectivity index (χ0) is 22.5. The number of hydrogen-bond donors (Lipinski definition) is 1. The molecule has 1 N–H and O–H groups in total. The average molecular weight is 433 g/mol. The van der Waals surface area contributed by atoms with Crippen LogP contribution in [-0.2, 0) is 11.2 Å². The number of anilines is 1. The fourth-order valence-corrected chi connectivity index (χ4v) is 4.60. The first-order valence-electron chi connectivity index (χ1n) is 10.6. The van der Waals surface area contributed by atoms with Crippen LogP contribution >= 0.6 is 0 Å². The maximum absolute atomic E-state index is 13.2. The number of H-pyrrole nitrogens is 1. The van der Waals surface area contributed by atoms with Crippen molar-refractivity contribution in [1.82, 2.24) is 19.7 Å². The van der Waals surface area contributed by atoms with Gasteiger partial charge in [0.2, 0.25) is 5.91 Å². The van der Waals surface area contributed by atoms with Gasteiger partial charge in [-0.1, -0.05) is 18.7 Å². The molecule has 0 radical (unpaired) electrons. The lowest BCUT2D eigenvalue weighted by Crippen LogP contribution is -2.27. The molecule has 0 unspecified atom stereocenters. The number of nitrogens with zero attached hydrogens (tertiary/aromatic N) is 4. The SMILES string of the molecule is C=CC(=O)N1CCc2ccc(-n3c(=O)ccc4cnc5ccc(-c6cn[nH]c6)cc5c43)cc21. The molecule has 33 heavy (non-hydrogen) atoms. The molecule has 7 nitrogen and oxygen atoms in total. The highest BCUT2D eigenvalue weighted by atomic mass is 16.2. The standard InChI is InChI=1S/C26H19N5O2/c1-2-24(32)30-10-9-16-3-6-20(12-23(16)30)31-25(33)8-5-18-13-27-22-7-4-17(11-21(22)26(18)31)19-14-28-29-15-19/h2-8,11-15H,1,9-10H2,(H,28,29). The molecule has 0 aliphatic carbocycles. The predicted octanol–water partition coefficient (Wildman–Crippen LogP) is 4.00. The molecule has 3 aromatic heterocycles. The molecule has 1 amide bonds. The highest BCUT2D eigenvalue weighted by Gasteiger charge is 2.24. The van der Waals surface area contributed by atoms with Gasteiger partial charge in [-0.15, -0.1) is 0 Å². The van der Waals surface area contributed by atoms with E-state index in [2.05, 4.69) is 21.8 Å². The first-order chi connectivity index (χ1) is 16.1. The Kier molecular flexibility index (Phi) is 4.23. The summed E-state index contributed by atoms with van der Waals surface area (Å²) < 4.78 is 1.70. The quantitative estimate of drug-likeness (QED) is 0.344. The van der Waals surface area contributed by atoms with E-state index in [4.69, 9.17) is 0 Å². The lowest BCUT2D eigenvalue weighted by Gasteiger charge is -2.18. The van der Waals surface area contributed by atoms with E-state index in [1.807, 2.05) is 42.6 Å². The second-order valence-electron chi connectivity index (χ2n) is 8.05. The van der Waals surface area contributed by atoms with Gasteiger partial charge in [-0.05, 0) is 54.0 Å². The molecule has 0 saturated carbocycles. The Balaban J connectivity index is 1.64. The normalized spacial score (nSPS) is 12.9. The zero-order valence-electron chi connectivity index (χ0n) is 17.7. The van der Waals surface area contributed by atoms with Crippen LogP contribution in [0.3, 0.4) is 0 Å². The van der Waals surface area contributed by atoms with Crippen molar-refractivity contribution in [2.45, 2.75) is 6.42 Å². The molecule has 0 fully saturated rings. The van der Waals surface area contributed by atoms with Crippen LogP contribution in [-0.4, -0.2) is 32.2 Å². The minimum Gasteiger partial charge on any atom is -0.308 e. The van der Waals surface area contributed by atoms with Crippen LogP contribution < -0.4 is 10.5 Å². The first-order valence-corrected chi connectivity index (χ1v) is 10.6. The Morgan fingerprint density at radius 1 is 1.06 bits per heavy atom. The molecule has 1 aliphatic rings. The molecule has 5 aromatic rings. The number of benzene rings is 2. The summed E-state index contributed by atoms with van der Waals surface area (Å²) >= 11 is 0. The van der Waals surface area contributed by atoms with Gasteiger partial charge in [-0.3, -0.25) is 24.2 Å². The van der Waals surface area contributed by atoms with Crippen LogP contribution in [0.25, 0.3) is 38.6 Å². The van der Waals surface area contributed by atoms with Gasteiger partial charge >= 0.3 is 0 Å². The van der Waals surface area contributed by atoms with E-state index < -0.39 is 0 Å². The topological polar surface area (TPSA) is 83.9 Å². The van der Waals surface area contributed by atoms with Crippen LogP contribution in [0.15, 0.2) is 84.6 Å². The lowest BCUT2D eigenvalue weighted by atomic mass is 10.0. The molecule has 6 rings (SSSR count). The largest absolute Gasteiger partial charge is 0.308 e. The van der Waals surface area contributed by atoms with Crippen molar-refractivity contribution in [2.24, 2.45) is 0 Å². The van der Waals surface area contributed by atoms with E-state index >= 15 is 0 Å². The number of fused-ring (bicyclic) bond motifs is 4. The van der Waals surface area contributed by atoms with E-state index in [1.165, 1.54) is 6.08 Å². The molecule has 4 heterocycles. The van der Waals surface area contributed by atoms with Crippen molar-refractivity contribution in [3.63, 3.8) is 0 Å². The summed E-state index contributed by atoms with van der Waals surface area (Å²) in [5.41, 5.74) is 5.95. The highest BCUT2D eigenvalue weighted by Crippen LogP contribution is 2.33. The summed E-state index contributed by atoms with van der Waals surface area (Å²) in [4.78, 5) is 31.9. The van der Waals surface area contributed by atoms with Gasteiger partial charge in [0.25, 0.3) is 5.56 Å². The van der Waals surface area contributed by atoms with E-state index in [-0.39, 0.29) is 11.5 Å². The van der Waals surface area contributed by atoms with Crippen LogP contribution in [0.2, 0.25) is 0 Å². The second kappa shape index (κ2) is 7.27. The third-order valence-electron chi connectivity index (χ3n) is 6.21. The van der Waals surface area contributed by atoms with E-state index in [9.17, 15) is 9.59 Å². The van der Waals surface area contributed by atoms with Gasteiger partial charge in [-0.25, -0.2) is 0 Å². The molecular weight excluding hydrogens is 414 g/mol. The van der Waals surface area contributed by atoms with Crippen molar-refractivity contribution in [2.75, 3.05) is 11.4 Å². The molecular formula is C26H19N5O2. The molecule has 0 atom stereocenters. The van der Waals surface area contributed by atoms with Gasteiger partial charge in [0.1, 0.15) is 0 Å². The molecule has 0 bridgehead atoms. The number of amides is 1. The summed E-state index contributed by atoms with van der Waals surface area (Å²) in [6, 6.07) is 15.2. The number of aromatic amines is 1. The number of hydrogen-bond acceptors (Lipinski definition) is 4. The van der Waals surface area contributed by atoms with Crippen LogP contribution in [0, 0.1) is 0 Å². The third kappa shape index (κ3) is 2.97. The highest BCUT2D eigenvalue weighted by molar-refractivity contribution is 6.06. The van der Waals surface area contributed by atoms with Crippen molar-refractivity contribution in [1.29, 1.82) is 0 Å². The fourth-order valence-electron chi connectivity index (χ4n) is 4.60. The van der Waals surface area contributed by atoms with Crippen LogP contribution in [0.5, 0.6) is 0 Å². The number of rotatable bonds is 3. The summed E-state index contributed by atoms with van der Waals surface area (Å²) in [7, 11) is 0. The van der Waals surface area contributed by atoms with E-state index in [1.54, 1.807) is 34.0 Å². The van der Waals surface area contributed by atoms with Crippen molar-refractivity contribution in [3.05, 3.63) is 95.7 Å². The van der Waals surface area contributed by atoms with E-state index in [0.717, 1.165) is 50.6 Å². The molecule has 1 aliphatic heterocycles. The summed E-state index contributed by atoms with van der Waals surface area (Å²) in [6.45, 7) is 4.22. The van der Waals surface area contributed by atoms with Gasteiger partial charge in [0, 0.05) is 47.0 Å². The Morgan fingerprint density at radius 3 is 2.79 bits per heavy atom. The van der Waals surface area contributed by atoms with Crippen molar-refractivity contribution in [3.8, 4) is 16.8 Å². The first kappa shape index (κ1) is 19.2. The number of pyridine rings is 2. The summed E-state index contributed by atoms with van der Waals surface area (Å²) in [5.74, 6) is -0.143.